The van der Waals surface area contributed by atoms with Crippen molar-refractivity contribution in [3.05, 3.63) is 58.0 Å². The molecule has 1 N–H and O–H groups in total. The fraction of sp³-hybridized carbons (Fsp3) is 0.458. The van der Waals surface area contributed by atoms with E-state index >= 15 is 0 Å². The molecule has 0 bridgehead atoms. The third kappa shape index (κ3) is 4.56. The first kappa shape index (κ1) is 20.0. The highest BCUT2D eigenvalue weighted by Gasteiger charge is 2.22. The maximum Gasteiger partial charge on any atom is 0.318 e. The number of aromatic amines is 1. The zero-order chi connectivity index (χ0) is 21.0. The molecular weight excluding hydrogens is 390 g/mol. The standard InChI is InChI=1S/C24H29N5O2/c30-22-10-9-19-17-25-24(27-23(19)26-22)31-16-2-1-11-28-12-14-29(15-13-28)21-8-4-6-18-5-3-7-20(18)21/h4,6,8-10,17H,1-3,5,7,11-16H2,(H,25,26,27,30). The lowest BCUT2D eigenvalue weighted by Crippen LogP contribution is -2.47. The Labute approximate surface area is 182 Å². The molecule has 7 heteroatoms. The molecule has 0 radical (unpaired) electrons. The summed E-state index contributed by atoms with van der Waals surface area (Å²) >= 11 is 0. The van der Waals surface area contributed by atoms with Crippen molar-refractivity contribution in [2.45, 2.75) is 32.1 Å². The minimum absolute atomic E-state index is 0.172. The molecule has 0 atom stereocenters. The number of pyridine rings is 1. The van der Waals surface area contributed by atoms with Crippen molar-refractivity contribution >= 4 is 16.7 Å². The van der Waals surface area contributed by atoms with Crippen molar-refractivity contribution in [2.75, 3.05) is 44.2 Å². The van der Waals surface area contributed by atoms with Crippen LogP contribution < -0.4 is 15.2 Å². The van der Waals surface area contributed by atoms with E-state index in [1.165, 1.54) is 31.0 Å². The van der Waals surface area contributed by atoms with Gasteiger partial charge in [0.2, 0.25) is 5.56 Å². The van der Waals surface area contributed by atoms with Crippen molar-refractivity contribution in [1.29, 1.82) is 0 Å². The highest BCUT2D eigenvalue weighted by molar-refractivity contribution is 5.73. The van der Waals surface area contributed by atoms with E-state index in [9.17, 15) is 4.79 Å². The molecule has 0 spiro atoms. The average Bonchev–Trinajstić information content (AvgIpc) is 3.28. The summed E-state index contributed by atoms with van der Waals surface area (Å²) in [7, 11) is 0. The molecule has 1 fully saturated rings. The molecule has 3 heterocycles. The van der Waals surface area contributed by atoms with E-state index in [0.717, 1.165) is 51.0 Å². The first-order valence-electron chi connectivity index (χ1n) is 11.3. The van der Waals surface area contributed by atoms with E-state index in [2.05, 4.69) is 43.0 Å². The average molecular weight is 420 g/mol. The minimum atomic E-state index is -0.172. The SMILES string of the molecule is O=c1ccc2cnc(OCCCCN3CCN(c4cccc5c4CCC5)CC3)nc2[nH]1. The summed E-state index contributed by atoms with van der Waals surface area (Å²) in [5.74, 6) is 0. The number of H-pyrrole nitrogens is 1. The van der Waals surface area contributed by atoms with E-state index in [4.69, 9.17) is 4.74 Å². The lowest BCUT2D eigenvalue weighted by atomic mass is 10.1. The van der Waals surface area contributed by atoms with E-state index in [1.54, 1.807) is 23.4 Å². The third-order valence-electron chi connectivity index (χ3n) is 6.38. The number of hydrogen-bond donors (Lipinski definition) is 1. The second kappa shape index (κ2) is 9.06. The van der Waals surface area contributed by atoms with E-state index in [-0.39, 0.29) is 5.56 Å². The van der Waals surface area contributed by atoms with Crippen LogP contribution in [0.1, 0.15) is 30.4 Å². The van der Waals surface area contributed by atoms with Crippen LogP contribution in [0.3, 0.4) is 0 Å². The maximum absolute atomic E-state index is 11.4. The number of fused-ring (bicyclic) bond motifs is 2. The number of anilines is 1. The van der Waals surface area contributed by atoms with Crippen LogP contribution >= 0.6 is 0 Å². The van der Waals surface area contributed by atoms with Gasteiger partial charge in [-0.1, -0.05) is 12.1 Å². The van der Waals surface area contributed by atoms with Crippen LogP contribution in [0.15, 0.2) is 41.3 Å². The van der Waals surface area contributed by atoms with Gasteiger partial charge in [0.15, 0.2) is 0 Å². The van der Waals surface area contributed by atoms with Gasteiger partial charge in [-0.2, -0.15) is 4.98 Å². The molecule has 1 aliphatic heterocycles. The van der Waals surface area contributed by atoms with Gasteiger partial charge in [0.25, 0.3) is 0 Å². The summed E-state index contributed by atoms with van der Waals surface area (Å²) in [5.41, 5.74) is 4.96. The van der Waals surface area contributed by atoms with E-state index < -0.39 is 0 Å². The fourth-order valence-corrected chi connectivity index (χ4v) is 4.70. The third-order valence-corrected chi connectivity index (χ3v) is 6.38. The highest BCUT2D eigenvalue weighted by atomic mass is 16.5. The molecule has 3 aromatic rings. The van der Waals surface area contributed by atoms with Gasteiger partial charge < -0.3 is 14.6 Å². The predicted molar refractivity (Wildman–Crippen MR) is 122 cm³/mol. The quantitative estimate of drug-likeness (QED) is 0.594. The molecule has 0 unspecified atom stereocenters. The zero-order valence-electron chi connectivity index (χ0n) is 17.8. The summed E-state index contributed by atoms with van der Waals surface area (Å²) in [4.78, 5) is 27.8. The zero-order valence-corrected chi connectivity index (χ0v) is 17.8. The van der Waals surface area contributed by atoms with Crippen LogP contribution in [0.4, 0.5) is 5.69 Å². The molecule has 1 aromatic carbocycles. The lowest BCUT2D eigenvalue weighted by molar-refractivity contribution is 0.234. The van der Waals surface area contributed by atoms with Gasteiger partial charge in [-0.25, -0.2) is 4.98 Å². The topological polar surface area (TPSA) is 74.3 Å². The normalized spacial score (nSPS) is 16.6. The second-order valence-electron chi connectivity index (χ2n) is 8.43. The van der Waals surface area contributed by atoms with Gasteiger partial charge in [-0.3, -0.25) is 9.69 Å². The highest BCUT2D eigenvalue weighted by Crippen LogP contribution is 2.31. The molecule has 1 saturated heterocycles. The number of aromatic nitrogens is 3. The monoisotopic (exact) mass is 419 g/mol. The smallest absolute Gasteiger partial charge is 0.318 e. The Morgan fingerprint density at radius 1 is 1.03 bits per heavy atom. The Morgan fingerprint density at radius 2 is 1.94 bits per heavy atom. The van der Waals surface area contributed by atoms with Crippen LogP contribution in [0.5, 0.6) is 6.01 Å². The predicted octanol–water partition coefficient (Wildman–Crippen LogP) is 2.79. The molecule has 1 aliphatic carbocycles. The van der Waals surface area contributed by atoms with Crippen LogP contribution in [0.25, 0.3) is 11.0 Å². The number of hydrogen-bond acceptors (Lipinski definition) is 6. The molecule has 7 nitrogen and oxygen atoms in total. The molecule has 31 heavy (non-hydrogen) atoms. The Balaban J connectivity index is 1.04. The number of aryl methyl sites for hydroxylation is 1. The first-order valence-corrected chi connectivity index (χ1v) is 11.3. The van der Waals surface area contributed by atoms with Crippen LogP contribution in [0, 0.1) is 0 Å². The van der Waals surface area contributed by atoms with Crippen molar-refractivity contribution in [1.82, 2.24) is 19.9 Å². The molecule has 2 aromatic heterocycles. The molecule has 0 amide bonds. The van der Waals surface area contributed by atoms with Crippen LogP contribution in [-0.4, -0.2) is 59.2 Å². The number of ether oxygens (including phenoxy) is 1. The van der Waals surface area contributed by atoms with Crippen LogP contribution in [0.2, 0.25) is 0 Å². The molecular formula is C24H29N5O2. The Bertz CT molecular complexity index is 1100. The molecule has 5 rings (SSSR count). The fourth-order valence-electron chi connectivity index (χ4n) is 4.70. The van der Waals surface area contributed by atoms with Gasteiger partial charge in [0.05, 0.1) is 6.61 Å². The lowest BCUT2D eigenvalue weighted by Gasteiger charge is -2.37. The van der Waals surface area contributed by atoms with Gasteiger partial charge in [-0.15, -0.1) is 0 Å². The number of nitrogens with one attached hydrogen (secondary N) is 1. The Hall–Kier alpha value is -2.93. The molecule has 2 aliphatic rings. The molecule has 0 saturated carbocycles. The van der Waals surface area contributed by atoms with Crippen molar-refractivity contribution < 1.29 is 4.74 Å². The van der Waals surface area contributed by atoms with E-state index in [1.807, 2.05) is 0 Å². The number of rotatable bonds is 7. The van der Waals surface area contributed by atoms with Gasteiger partial charge >= 0.3 is 6.01 Å². The largest absolute Gasteiger partial charge is 0.463 e. The van der Waals surface area contributed by atoms with Gasteiger partial charge in [0, 0.05) is 49.5 Å². The summed E-state index contributed by atoms with van der Waals surface area (Å²) < 4.78 is 5.69. The summed E-state index contributed by atoms with van der Waals surface area (Å²) in [6.45, 7) is 6.12. The van der Waals surface area contributed by atoms with Gasteiger partial charge in [0.1, 0.15) is 5.65 Å². The Kier molecular flexibility index (Phi) is 5.84. The maximum atomic E-state index is 11.4. The number of unbranched alkanes of at least 4 members (excludes halogenated alkanes) is 1. The Morgan fingerprint density at radius 3 is 2.84 bits per heavy atom. The summed E-state index contributed by atoms with van der Waals surface area (Å²) in [6, 6.07) is 10.3. The number of benzene rings is 1. The minimum Gasteiger partial charge on any atom is -0.463 e. The van der Waals surface area contributed by atoms with Gasteiger partial charge in [-0.05, 0) is 61.9 Å². The van der Waals surface area contributed by atoms with E-state index in [0.29, 0.717) is 18.3 Å². The number of nitrogens with zero attached hydrogens (tertiary/aromatic N) is 4. The summed E-state index contributed by atoms with van der Waals surface area (Å²) in [5, 5.41) is 0.798. The van der Waals surface area contributed by atoms with Crippen molar-refractivity contribution in [3.8, 4) is 6.01 Å². The van der Waals surface area contributed by atoms with Crippen molar-refractivity contribution in [3.63, 3.8) is 0 Å². The first-order chi connectivity index (χ1) is 15.3. The molecule has 162 valence electrons. The van der Waals surface area contributed by atoms with Crippen LogP contribution in [-0.2, 0) is 12.8 Å². The summed E-state index contributed by atoms with van der Waals surface area (Å²) in [6.07, 6.45) is 7.51. The van der Waals surface area contributed by atoms with Crippen molar-refractivity contribution in [2.24, 2.45) is 0 Å². The second-order valence-corrected chi connectivity index (χ2v) is 8.43. The number of piperazine rings is 1.